The van der Waals surface area contributed by atoms with Crippen LogP contribution in [0.25, 0.3) is 5.69 Å². The Bertz CT molecular complexity index is 945. The number of tetrazole rings is 1. The third-order valence-corrected chi connectivity index (χ3v) is 4.62. The van der Waals surface area contributed by atoms with Crippen molar-refractivity contribution >= 4 is 17.5 Å². The van der Waals surface area contributed by atoms with E-state index < -0.39 is 6.61 Å². The molecule has 6 nitrogen and oxygen atoms in total. The second kappa shape index (κ2) is 8.26. The van der Waals surface area contributed by atoms with Crippen molar-refractivity contribution in [2.45, 2.75) is 25.6 Å². The summed E-state index contributed by atoms with van der Waals surface area (Å²) in [4.78, 5) is 12.6. The molecular formula is C18H16F2N4O2S. The van der Waals surface area contributed by atoms with Crippen LogP contribution in [0.4, 0.5) is 8.78 Å². The van der Waals surface area contributed by atoms with Crippen molar-refractivity contribution in [3.05, 3.63) is 59.2 Å². The van der Waals surface area contributed by atoms with Crippen LogP contribution in [0.3, 0.4) is 0 Å². The average molecular weight is 390 g/mol. The van der Waals surface area contributed by atoms with Gasteiger partial charge in [0.05, 0.1) is 17.0 Å². The van der Waals surface area contributed by atoms with Gasteiger partial charge in [0.15, 0.2) is 5.78 Å². The molecule has 140 valence electrons. The number of rotatable bonds is 7. The number of hydrogen-bond acceptors (Lipinski definition) is 6. The maximum absolute atomic E-state index is 12.6. The second-order valence-electron chi connectivity index (χ2n) is 5.80. The largest absolute Gasteiger partial charge is 0.434 e. The molecule has 0 radical (unpaired) electrons. The van der Waals surface area contributed by atoms with Crippen LogP contribution < -0.4 is 4.74 Å². The first-order valence-corrected chi connectivity index (χ1v) is 8.99. The number of thioether (sulfide) groups is 1. The second-order valence-corrected chi connectivity index (χ2v) is 6.74. The van der Waals surface area contributed by atoms with Crippen molar-refractivity contribution < 1.29 is 18.3 Å². The third-order valence-electron chi connectivity index (χ3n) is 3.70. The topological polar surface area (TPSA) is 69.9 Å². The van der Waals surface area contributed by atoms with Crippen molar-refractivity contribution in [3.63, 3.8) is 0 Å². The van der Waals surface area contributed by atoms with E-state index in [0.717, 1.165) is 28.6 Å². The van der Waals surface area contributed by atoms with Gasteiger partial charge in [-0.3, -0.25) is 4.79 Å². The molecule has 0 spiro atoms. The highest BCUT2D eigenvalue weighted by Gasteiger charge is 2.18. The Hall–Kier alpha value is -2.81. The summed E-state index contributed by atoms with van der Waals surface area (Å²) in [5.41, 5.74) is 2.74. The van der Waals surface area contributed by atoms with E-state index in [2.05, 4.69) is 20.3 Å². The zero-order valence-corrected chi connectivity index (χ0v) is 15.4. The molecule has 1 aromatic heterocycles. The molecule has 0 amide bonds. The minimum atomic E-state index is -3.00. The van der Waals surface area contributed by atoms with E-state index in [-0.39, 0.29) is 22.8 Å². The lowest BCUT2D eigenvalue weighted by Gasteiger charge is -2.10. The minimum Gasteiger partial charge on any atom is -0.434 e. The first-order chi connectivity index (χ1) is 12.9. The number of alkyl halides is 2. The number of ether oxygens (including phenoxy) is 1. The van der Waals surface area contributed by atoms with Crippen molar-refractivity contribution in [3.8, 4) is 11.4 Å². The van der Waals surface area contributed by atoms with E-state index in [1.807, 2.05) is 31.2 Å². The number of aryl methyl sites for hydroxylation is 2. The van der Waals surface area contributed by atoms with Gasteiger partial charge >= 0.3 is 6.61 Å². The zero-order chi connectivity index (χ0) is 19.4. The Morgan fingerprint density at radius 1 is 1.15 bits per heavy atom. The van der Waals surface area contributed by atoms with Gasteiger partial charge in [0.2, 0.25) is 5.16 Å². The van der Waals surface area contributed by atoms with Crippen LogP contribution in [0.1, 0.15) is 21.5 Å². The van der Waals surface area contributed by atoms with Gasteiger partial charge in [-0.2, -0.15) is 13.5 Å². The summed E-state index contributed by atoms with van der Waals surface area (Å²) in [6.07, 6.45) is 0. The van der Waals surface area contributed by atoms with Crippen molar-refractivity contribution in [2.75, 3.05) is 5.75 Å². The van der Waals surface area contributed by atoms with Crippen molar-refractivity contribution in [1.29, 1.82) is 0 Å². The number of hydrogen-bond donors (Lipinski definition) is 0. The minimum absolute atomic E-state index is 0.0186. The molecule has 0 fully saturated rings. The van der Waals surface area contributed by atoms with Crippen LogP contribution in [0.2, 0.25) is 0 Å². The standard InChI is InChI=1S/C18H16F2N4O2S/c1-11-3-6-13(7-4-11)24-18(21-22-23-24)27-10-15(25)14-9-12(2)5-8-16(14)26-17(19)20/h3-9,17H,10H2,1-2H3. The quantitative estimate of drug-likeness (QED) is 0.451. The molecule has 9 heteroatoms. The number of halogens is 2. The fourth-order valence-electron chi connectivity index (χ4n) is 2.39. The summed E-state index contributed by atoms with van der Waals surface area (Å²) < 4.78 is 31.1. The number of carbonyl (C=O) groups excluding carboxylic acids is 1. The van der Waals surface area contributed by atoms with Gasteiger partial charge in [-0.15, -0.1) is 5.10 Å². The molecule has 0 unspecified atom stereocenters. The molecule has 2 aromatic carbocycles. The van der Waals surface area contributed by atoms with E-state index >= 15 is 0 Å². The average Bonchev–Trinajstić information content (AvgIpc) is 3.10. The highest BCUT2D eigenvalue weighted by atomic mass is 32.2. The molecule has 0 aliphatic heterocycles. The lowest BCUT2D eigenvalue weighted by Crippen LogP contribution is -2.10. The zero-order valence-electron chi connectivity index (χ0n) is 14.6. The van der Waals surface area contributed by atoms with Crippen LogP contribution in [0.15, 0.2) is 47.6 Å². The van der Waals surface area contributed by atoms with E-state index in [4.69, 9.17) is 0 Å². The van der Waals surface area contributed by atoms with Gasteiger partial charge in [0.25, 0.3) is 0 Å². The number of nitrogens with zero attached hydrogens (tertiary/aromatic N) is 4. The molecule has 3 rings (SSSR count). The molecule has 0 aliphatic rings. The smallest absolute Gasteiger partial charge is 0.387 e. The summed E-state index contributed by atoms with van der Waals surface area (Å²) in [5, 5.41) is 11.9. The van der Waals surface area contributed by atoms with E-state index in [1.54, 1.807) is 13.0 Å². The maximum atomic E-state index is 12.6. The number of aromatic nitrogens is 4. The van der Waals surface area contributed by atoms with Gasteiger partial charge in [0.1, 0.15) is 5.75 Å². The molecule has 1 heterocycles. The van der Waals surface area contributed by atoms with Crippen LogP contribution in [-0.4, -0.2) is 38.4 Å². The SMILES string of the molecule is Cc1ccc(-n2nnnc2SCC(=O)c2cc(C)ccc2OC(F)F)cc1. The molecule has 0 saturated heterocycles. The van der Waals surface area contributed by atoms with E-state index in [1.165, 1.54) is 16.8 Å². The summed E-state index contributed by atoms with van der Waals surface area (Å²) in [6.45, 7) is 0.743. The van der Waals surface area contributed by atoms with Gasteiger partial charge in [0, 0.05) is 0 Å². The number of Topliss-reactive ketones (excluding diaryl/α,β-unsaturated/α-hetero) is 1. The van der Waals surface area contributed by atoms with Gasteiger partial charge < -0.3 is 4.74 Å². The summed E-state index contributed by atoms with van der Waals surface area (Å²) in [5.74, 6) is -0.507. The fourth-order valence-corrected chi connectivity index (χ4v) is 3.16. The molecule has 0 saturated carbocycles. The Morgan fingerprint density at radius 3 is 2.56 bits per heavy atom. The number of ketones is 1. The van der Waals surface area contributed by atoms with Crippen molar-refractivity contribution in [1.82, 2.24) is 20.2 Å². The highest BCUT2D eigenvalue weighted by molar-refractivity contribution is 7.99. The van der Waals surface area contributed by atoms with Crippen LogP contribution in [-0.2, 0) is 0 Å². The highest BCUT2D eigenvalue weighted by Crippen LogP contribution is 2.26. The molecular weight excluding hydrogens is 374 g/mol. The Balaban J connectivity index is 1.77. The van der Waals surface area contributed by atoms with E-state index in [9.17, 15) is 13.6 Å². The molecule has 3 aromatic rings. The lowest BCUT2D eigenvalue weighted by atomic mass is 10.1. The predicted molar refractivity (Wildman–Crippen MR) is 96.8 cm³/mol. The van der Waals surface area contributed by atoms with Gasteiger partial charge in [-0.05, 0) is 48.5 Å². The monoisotopic (exact) mass is 390 g/mol. The maximum Gasteiger partial charge on any atom is 0.387 e. The molecule has 27 heavy (non-hydrogen) atoms. The van der Waals surface area contributed by atoms with Crippen LogP contribution in [0.5, 0.6) is 5.75 Å². The first kappa shape index (κ1) is 19.0. The first-order valence-electron chi connectivity index (χ1n) is 8.01. The van der Waals surface area contributed by atoms with E-state index in [0.29, 0.717) is 5.16 Å². The lowest BCUT2D eigenvalue weighted by molar-refractivity contribution is -0.0501. The van der Waals surface area contributed by atoms with Gasteiger partial charge in [-0.25, -0.2) is 0 Å². The molecule has 0 atom stereocenters. The summed E-state index contributed by atoms with van der Waals surface area (Å²) in [6, 6.07) is 12.1. The summed E-state index contributed by atoms with van der Waals surface area (Å²) >= 11 is 1.12. The number of benzene rings is 2. The molecule has 0 N–H and O–H groups in total. The summed E-state index contributed by atoms with van der Waals surface area (Å²) in [7, 11) is 0. The third kappa shape index (κ3) is 4.68. The molecule has 0 bridgehead atoms. The van der Waals surface area contributed by atoms with Crippen LogP contribution in [0, 0.1) is 13.8 Å². The fraction of sp³-hybridized carbons (Fsp3) is 0.222. The van der Waals surface area contributed by atoms with Crippen molar-refractivity contribution in [2.24, 2.45) is 0 Å². The molecule has 0 aliphatic carbocycles. The Labute approximate surface area is 158 Å². The van der Waals surface area contributed by atoms with Crippen LogP contribution >= 0.6 is 11.8 Å². The predicted octanol–water partition coefficient (Wildman–Crippen LogP) is 3.86. The number of carbonyl (C=O) groups is 1. The Morgan fingerprint density at radius 2 is 1.85 bits per heavy atom. The normalized spacial score (nSPS) is 11.0. The Kier molecular flexibility index (Phi) is 5.80. The van der Waals surface area contributed by atoms with Gasteiger partial charge in [-0.1, -0.05) is 41.1 Å².